The molecule has 2 heterocycles. The molecule has 0 atom stereocenters. The zero-order valence-corrected chi connectivity index (χ0v) is 18.8. The zero-order valence-electron chi connectivity index (χ0n) is 18.8. The molecule has 0 radical (unpaired) electrons. The minimum absolute atomic E-state index is 0.0688. The van der Waals surface area contributed by atoms with Crippen LogP contribution in [0.3, 0.4) is 0 Å². The number of hydrogen-bond acceptors (Lipinski definition) is 8. The number of fused-ring (bicyclic) bond motifs is 1. The van der Waals surface area contributed by atoms with Gasteiger partial charge in [0.15, 0.2) is 5.43 Å². The predicted molar refractivity (Wildman–Crippen MR) is 131 cm³/mol. The summed E-state index contributed by atoms with van der Waals surface area (Å²) in [5, 5.41) is 1.96. The summed E-state index contributed by atoms with van der Waals surface area (Å²) < 4.78 is 16.2. The van der Waals surface area contributed by atoms with Crippen LogP contribution in [0.15, 0.2) is 53.5 Å². The summed E-state index contributed by atoms with van der Waals surface area (Å²) in [5.74, 6) is 8.25. The molecule has 1 aliphatic rings. The van der Waals surface area contributed by atoms with Gasteiger partial charge in [0.2, 0.25) is 0 Å². The van der Waals surface area contributed by atoms with Gasteiger partial charge in [0.05, 0.1) is 37.7 Å². The smallest absolute Gasteiger partial charge is 0.191 e. The van der Waals surface area contributed by atoms with Crippen LogP contribution in [0.4, 0.5) is 11.5 Å². The van der Waals surface area contributed by atoms with Crippen molar-refractivity contribution >= 4 is 28.1 Å². The molecule has 0 bridgehead atoms. The SMILES string of the molecule is COc1cc(OC)cc(N(N)/C=C(\N)c2cccc3c(=O)cc(N4CCCOCC4)[nH]c23)c1. The highest BCUT2D eigenvalue weighted by Crippen LogP contribution is 2.28. The van der Waals surface area contributed by atoms with E-state index in [1.54, 1.807) is 50.8 Å². The fourth-order valence-electron chi connectivity index (χ4n) is 3.89. The number of para-hydroxylation sites is 1. The highest BCUT2D eigenvalue weighted by molar-refractivity contribution is 5.91. The number of nitrogens with two attached hydrogens (primary N) is 2. The minimum atomic E-state index is -0.0688. The van der Waals surface area contributed by atoms with Crippen molar-refractivity contribution in [2.24, 2.45) is 11.6 Å². The first-order valence-electron chi connectivity index (χ1n) is 10.7. The summed E-state index contributed by atoms with van der Waals surface area (Å²) >= 11 is 0. The number of anilines is 2. The number of nitrogens with one attached hydrogen (secondary N) is 1. The van der Waals surface area contributed by atoms with Crippen LogP contribution in [0, 0.1) is 0 Å². The Morgan fingerprint density at radius 2 is 1.88 bits per heavy atom. The number of H-pyrrole nitrogens is 1. The molecule has 4 rings (SSSR count). The van der Waals surface area contributed by atoms with Crippen LogP contribution in [-0.4, -0.2) is 45.5 Å². The van der Waals surface area contributed by atoms with Gasteiger partial charge in [-0.1, -0.05) is 12.1 Å². The Morgan fingerprint density at radius 1 is 1.12 bits per heavy atom. The van der Waals surface area contributed by atoms with E-state index in [0.29, 0.717) is 52.5 Å². The predicted octanol–water partition coefficient (Wildman–Crippen LogP) is 2.41. The lowest BCUT2D eigenvalue weighted by Gasteiger charge is -2.22. The van der Waals surface area contributed by atoms with Crippen LogP contribution >= 0.6 is 0 Å². The Morgan fingerprint density at radius 3 is 2.61 bits per heavy atom. The van der Waals surface area contributed by atoms with Gasteiger partial charge < -0.3 is 29.8 Å². The summed E-state index contributed by atoms with van der Waals surface area (Å²) in [6.45, 7) is 2.86. The second-order valence-corrected chi connectivity index (χ2v) is 7.76. The fraction of sp³-hybridized carbons (Fsp3) is 0.292. The van der Waals surface area contributed by atoms with Crippen LogP contribution in [-0.2, 0) is 4.74 Å². The number of aromatic amines is 1. The maximum absolute atomic E-state index is 12.9. The van der Waals surface area contributed by atoms with Crippen molar-refractivity contribution in [3.05, 3.63) is 64.5 Å². The van der Waals surface area contributed by atoms with Gasteiger partial charge in [0.25, 0.3) is 0 Å². The second-order valence-electron chi connectivity index (χ2n) is 7.76. The summed E-state index contributed by atoms with van der Waals surface area (Å²) in [6, 6.07) is 12.4. The van der Waals surface area contributed by atoms with E-state index < -0.39 is 0 Å². The van der Waals surface area contributed by atoms with Crippen LogP contribution in [0.5, 0.6) is 11.5 Å². The first-order chi connectivity index (χ1) is 16.0. The molecule has 1 fully saturated rings. The van der Waals surface area contributed by atoms with Gasteiger partial charge in [-0.05, 0) is 12.5 Å². The van der Waals surface area contributed by atoms with E-state index in [9.17, 15) is 4.79 Å². The summed E-state index contributed by atoms with van der Waals surface area (Å²) in [5.41, 5.74) is 8.77. The largest absolute Gasteiger partial charge is 0.497 e. The van der Waals surface area contributed by atoms with Crippen molar-refractivity contribution in [3.63, 3.8) is 0 Å². The van der Waals surface area contributed by atoms with E-state index in [1.165, 1.54) is 5.01 Å². The number of nitrogens with zero attached hydrogens (tertiary/aromatic N) is 2. The van der Waals surface area contributed by atoms with Gasteiger partial charge in [0, 0.05) is 61.1 Å². The molecule has 2 aromatic carbocycles. The maximum Gasteiger partial charge on any atom is 0.191 e. The minimum Gasteiger partial charge on any atom is -0.497 e. The fourth-order valence-corrected chi connectivity index (χ4v) is 3.89. The highest BCUT2D eigenvalue weighted by Gasteiger charge is 2.15. The van der Waals surface area contributed by atoms with E-state index in [2.05, 4.69) is 9.88 Å². The third-order valence-corrected chi connectivity index (χ3v) is 5.64. The molecule has 174 valence electrons. The van der Waals surface area contributed by atoms with Crippen molar-refractivity contribution < 1.29 is 14.2 Å². The van der Waals surface area contributed by atoms with Gasteiger partial charge in [-0.25, -0.2) is 5.84 Å². The Hall–Kier alpha value is -3.69. The first-order valence-corrected chi connectivity index (χ1v) is 10.7. The number of hydrazine groups is 1. The van der Waals surface area contributed by atoms with Crippen molar-refractivity contribution in [1.29, 1.82) is 0 Å². The molecule has 33 heavy (non-hydrogen) atoms. The van der Waals surface area contributed by atoms with Crippen LogP contribution < -0.4 is 36.4 Å². The van der Waals surface area contributed by atoms with Crippen molar-refractivity contribution in [1.82, 2.24) is 4.98 Å². The Balaban J connectivity index is 1.74. The average Bonchev–Trinajstić information content (AvgIpc) is 3.13. The van der Waals surface area contributed by atoms with Crippen LogP contribution in [0.1, 0.15) is 12.0 Å². The number of hydrogen-bond donors (Lipinski definition) is 3. The van der Waals surface area contributed by atoms with Crippen molar-refractivity contribution in [2.75, 3.05) is 50.4 Å². The molecule has 0 spiro atoms. The second kappa shape index (κ2) is 9.85. The molecule has 0 amide bonds. The normalized spacial score (nSPS) is 14.8. The number of methoxy groups -OCH3 is 2. The molecule has 0 unspecified atom stereocenters. The molecule has 0 aliphatic carbocycles. The van der Waals surface area contributed by atoms with Gasteiger partial charge in [0.1, 0.15) is 17.3 Å². The number of aromatic nitrogens is 1. The molecule has 9 nitrogen and oxygen atoms in total. The molecule has 5 N–H and O–H groups in total. The van der Waals surface area contributed by atoms with Gasteiger partial charge in [-0.15, -0.1) is 0 Å². The van der Waals surface area contributed by atoms with E-state index >= 15 is 0 Å². The van der Waals surface area contributed by atoms with Crippen molar-refractivity contribution in [3.8, 4) is 11.5 Å². The number of benzene rings is 2. The molecule has 9 heteroatoms. The Labute approximate surface area is 192 Å². The summed E-state index contributed by atoms with van der Waals surface area (Å²) in [7, 11) is 3.15. The average molecular weight is 452 g/mol. The Kier molecular flexibility index (Phi) is 6.71. The van der Waals surface area contributed by atoms with Crippen LogP contribution in [0.2, 0.25) is 0 Å². The molecule has 1 aromatic heterocycles. The standard InChI is InChI=1S/C24H29N5O4/c1-31-17-11-16(12-18(13-17)32-2)29(26)15-21(25)19-5-3-6-20-22(30)14-23(27-24(19)20)28-7-4-9-33-10-8-28/h3,5-6,11-15H,4,7-10,25-26H2,1-2H3,(H,27,30)/b21-15-. The summed E-state index contributed by atoms with van der Waals surface area (Å²) in [4.78, 5) is 18.4. The van der Waals surface area contributed by atoms with E-state index in [0.717, 1.165) is 25.4 Å². The number of rotatable bonds is 6. The third-order valence-electron chi connectivity index (χ3n) is 5.64. The third kappa shape index (κ3) is 4.89. The number of pyridine rings is 1. The first kappa shape index (κ1) is 22.5. The quantitative estimate of drug-likeness (QED) is 0.386. The zero-order chi connectivity index (χ0) is 23.4. The monoisotopic (exact) mass is 451 g/mol. The van der Waals surface area contributed by atoms with Gasteiger partial charge in [-0.2, -0.15) is 0 Å². The lowest BCUT2D eigenvalue weighted by molar-refractivity contribution is 0.152. The lowest BCUT2D eigenvalue weighted by Crippen LogP contribution is -2.28. The van der Waals surface area contributed by atoms with E-state index in [1.807, 2.05) is 12.1 Å². The number of ether oxygens (including phenoxy) is 3. The van der Waals surface area contributed by atoms with Gasteiger partial charge in [-0.3, -0.25) is 9.80 Å². The van der Waals surface area contributed by atoms with Crippen LogP contribution in [0.25, 0.3) is 16.6 Å². The molecular weight excluding hydrogens is 422 g/mol. The molecule has 1 aliphatic heterocycles. The molecular formula is C24H29N5O4. The maximum atomic E-state index is 12.9. The highest BCUT2D eigenvalue weighted by atomic mass is 16.5. The summed E-state index contributed by atoms with van der Waals surface area (Å²) in [6.07, 6.45) is 2.50. The van der Waals surface area contributed by atoms with E-state index in [4.69, 9.17) is 25.8 Å². The Bertz CT molecular complexity index is 1190. The van der Waals surface area contributed by atoms with Crippen molar-refractivity contribution in [2.45, 2.75) is 6.42 Å². The van der Waals surface area contributed by atoms with Gasteiger partial charge >= 0.3 is 0 Å². The molecule has 3 aromatic rings. The topological polar surface area (TPSA) is 119 Å². The molecule has 0 saturated carbocycles. The molecule has 1 saturated heterocycles. The van der Waals surface area contributed by atoms with E-state index in [-0.39, 0.29) is 5.43 Å². The lowest BCUT2D eigenvalue weighted by atomic mass is 10.1.